The van der Waals surface area contributed by atoms with E-state index < -0.39 is 11.6 Å². The fourth-order valence-corrected chi connectivity index (χ4v) is 2.45. The van der Waals surface area contributed by atoms with Crippen molar-refractivity contribution in [1.29, 1.82) is 0 Å². The van der Waals surface area contributed by atoms with Gasteiger partial charge < -0.3 is 10.1 Å². The second-order valence-corrected chi connectivity index (χ2v) is 5.14. The lowest BCUT2D eigenvalue weighted by Gasteiger charge is -2.27. The monoisotopic (exact) mass is 269 g/mol. The van der Waals surface area contributed by atoms with E-state index in [0.29, 0.717) is 5.92 Å². The van der Waals surface area contributed by atoms with E-state index in [4.69, 9.17) is 4.74 Å². The Hall–Kier alpha value is -1.00. The molecule has 2 rings (SSSR count). The maximum Gasteiger partial charge on any atom is 0.159 e. The van der Waals surface area contributed by atoms with Crippen LogP contribution in [0.2, 0.25) is 0 Å². The minimum atomic E-state index is -0.807. The lowest BCUT2D eigenvalue weighted by molar-refractivity contribution is 0.0506. The Balaban J connectivity index is 2.21. The Morgan fingerprint density at radius 2 is 2.05 bits per heavy atom. The molecule has 0 aromatic heterocycles. The largest absolute Gasteiger partial charge is 0.379 e. The van der Waals surface area contributed by atoms with Crippen molar-refractivity contribution in [2.45, 2.75) is 38.3 Å². The number of benzene rings is 1. The van der Waals surface area contributed by atoms with E-state index in [1.54, 1.807) is 13.2 Å². The lowest BCUT2D eigenvalue weighted by atomic mass is 9.97. The van der Waals surface area contributed by atoms with Crippen LogP contribution in [0.5, 0.6) is 0 Å². The van der Waals surface area contributed by atoms with Gasteiger partial charge in [-0.3, -0.25) is 0 Å². The van der Waals surface area contributed by atoms with Crippen molar-refractivity contribution in [1.82, 2.24) is 5.32 Å². The highest BCUT2D eigenvalue weighted by Crippen LogP contribution is 2.39. The third-order valence-electron chi connectivity index (χ3n) is 3.60. The van der Waals surface area contributed by atoms with Crippen molar-refractivity contribution in [2.24, 2.45) is 5.92 Å². The van der Waals surface area contributed by atoms with Crippen LogP contribution in [0.3, 0.4) is 0 Å². The van der Waals surface area contributed by atoms with Crippen molar-refractivity contribution in [3.63, 3.8) is 0 Å². The standard InChI is InChI=1S/C15H21F2NO/c1-3-8-18-14(15(19-2)10-4-5-10)11-6-7-12(16)13(17)9-11/h6-7,9-10,14-15,18H,3-5,8H2,1-2H3. The molecule has 2 unspecified atom stereocenters. The molecule has 1 N–H and O–H groups in total. The highest BCUT2D eigenvalue weighted by molar-refractivity contribution is 5.23. The lowest BCUT2D eigenvalue weighted by Crippen LogP contribution is -2.35. The van der Waals surface area contributed by atoms with Gasteiger partial charge in [-0.25, -0.2) is 8.78 Å². The maximum atomic E-state index is 13.4. The highest BCUT2D eigenvalue weighted by atomic mass is 19.2. The second-order valence-electron chi connectivity index (χ2n) is 5.14. The van der Waals surface area contributed by atoms with Crippen LogP contribution in [0, 0.1) is 17.6 Å². The van der Waals surface area contributed by atoms with Gasteiger partial charge in [0.25, 0.3) is 0 Å². The molecule has 0 spiro atoms. The molecule has 0 saturated heterocycles. The normalized spacial score (nSPS) is 18.3. The van der Waals surface area contributed by atoms with Gasteiger partial charge in [-0.1, -0.05) is 13.0 Å². The van der Waals surface area contributed by atoms with E-state index in [1.165, 1.54) is 12.1 Å². The van der Waals surface area contributed by atoms with Crippen molar-refractivity contribution in [3.8, 4) is 0 Å². The number of rotatable bonds is 7. The zero-order valence-corrected chi connectivity index (χ0v) is 11.5. The number of halogens is 2. The summed E-state index contributed by atoms with van der Waals surface area (Å²) in [6, 6.07) is 4.02. The zero-order chi connectivity index (χ0) is 13.8. The highest BCUT2D eigenvalue weighted by Gasteiger charge is 2.37. The Kier molecular flexibility index (Phi) is 4.88. The maximum absolute atomic E-state index is 13.4. The van der Waals surface area contributed by atoms with Gasteiger partial charge in [0.2, 0.25) is 0 Å². The summed E-state index contributed by atoms with van der Waals surface area (Å²) in [5, 5.41) is 3.39. The van der Waals surface area contributed by atoms with Crippen LogP contribution in [0.15, 0.2) is 18.2 Å². The number of ether oxygens (including phenoxy) is 1. The van der Waals surface area contributed by atoms with Gasteiger partial charge in [-0.2, -0.15) is 0 Å². The molecule has 1 aromatic carbocycles. The summed E-state index contributed by atoms with van der Waals surface area (Å²) in [7, 11) is 1.68. The average molecular weight is 269 g/mol. The first-order valence-electron chi connectivity index (χ1n) is 6.88. The number of hydrogen-bond donors (Lipinski definition) is 1. The fraction of sp³-hybridized carbons (Fsp3) is 0.600. The predicted octanol–water partition coefficient (Wildman–Crippen LogP) is 3.43. The van der Waals surface area contributed by atoms with E-state index in [0.717, 1.165) is 31.4 Å². The molecule has 19 heavy (non-hydrogen) atoms. The molecule has 1 fully saturated rings. The van der Waals surface area contributed by atoms with Gasteiger partial charge >= 0.3 is 0 Å². The summed E-state index contributed by atoms with van der Waals surface area (Å²) < 4.78 is 32.0. The minimum Gasteiger partial charge on any atom is -0.379 e. The molecule has 1 saturated carbocycles. The number of hydrogen-bond acceptors (Lipinski definition) is 2. The third kappa shape index (κ3) is 3.51. The molecule has 0 amide bonds. The van der Waals surface area contributed by atoms with E-state index >= 15 is 0 Å². The first-order chi connectivity index (χ1) is 9.17. The van der Waals surface area contributed by atoms with Gasteiger partial charge in [-0.05, 0) is 49.4 Å². The van der Waals surface area contributed by atoms with Crippen LogP contribution in [0.25, 0.3) is 0 Å². The predicted molar refractivity (Wildman–Crippen MR) is 70.9 cm³/mol. The summed E-state index contributed by atoms with van der Waals surface area (Å²) in [5.41, 5.74) is 0.756. The van der Waals surface area contributed by atoms with Crippen LogP contribution in [-0.4, -0.2) is 19.8 Å². The van der Waals surface area contributed by atoms with Gasteiger partial charge in [0, 0.05) is 7.11 Å². The Morgan fingerprint density at radius 1 is 1.32 bits per heavy atom. The summed E-state index contributed by atoms with van der Waals surface area (Å²) in [5.74, 6) is -1.09. The SMILES string of the molecule is CCCNC(c1ccc(F)c(F)c1)C(OC)C1CC1. The van der Waals surface area contributed by atoms with Gasteiger partial charge in [0.1, 0.15) is 0 Å². The molecule has 1 aliphatic rings. The molecular formula is C15H21F2NO. The molecule has 0 radical (unpaired) electrons. The van der Waals surface area contributed by atoms with Crippen LogP contribution in [0.4, 0.5) is 8.78 Å². The zero-order valence-electron chi connectivity index (χ0n) is 11.5. The van der Waals surface area contributed by atoms with Crippen molar-refractivity contribution in [3.05, 3.63) is 35.4 Å². The third-order valence-corrected chi connectivity index (χ3v) is 3.60. The van der Waals surface area contributed by atoms with E-state index in [-0.39, 0.29) is 12.1 Å². The molecular weight excluding hydrogens is 248 g/mol. The molecule has 2 atom stereocenters. The van der Waals surface area contributed by atoms with Crippen LogP contribution >= 0.6 is 0 Å². The molecule has 1 aromatic rings. The minimum absolute atomic E-state index is 0.0245. The van der Waals surface area contributed by atoms with Crippen molar-refractivity contribution in [2.75, 3.05) is 13.7 Å². The van der Waals surface area contributed by atoms with Crippen molar-refractivity contribution >= 4 is 0 Å². The molecule has 0 aliphatic heterocycles. The number of methoxy groups -OCH3 is 1. The molecule has 106 valence electrons. The second kappa shape index (κ2) is 6.44. The Morgan fingerprint density at radius 3 is 2.58 bits per heavy atom. The van der Waals surface area contributed by atoms with Gasteiger partial charge in [-0.15, -0.1) is 0 Å². The Labute approximate surface area is 113 Å². The topological polar surface area (TPSA) is 21.3 Å². The summed E-state index contributed by atoms with van der Waals surface area (Å²) in [4.78, 5) is 0. The summed E-state index contributed by atoms with van der Waals surface area (Å²) in [6.45, 7) is 2.91. The van der Waals surface area contributed by atoms with E-state index in [9.17, 15) is 8.78 Å². The molecule has 0 bridgehead atoms. The molecule has 0 heterocycles. The summed E-state index contributed by atoms with van der Waals surface area (Å²) >= 11 is 0. The smallest absolute Gasteiger partial charge is 0.159 e. The number of nitrogens with one attached hydrogen (secondary N) is 1. The average Bonchev–Trinajstić information content (AvgIpc) is 3.22. The first-order valence-corrected chi connectivity index (χ1v) is 6.88. The summed E-state index contributed by atoms with van der Waals surface area (Å²) in [6.07, 6.45) is 3.30. The van der Waals surface area contributed by atoms with Crippen molar-refractivity contribution < 1.29 is 13.5 Å². The van der Waals surface area contributed by atoms with E-state index in [1.807, 2.05) is 0 Å². The molecule has 4 heteroatoms. The fourth-order valence-electron chi connectivity index (χ4n) is 2.45. The van der Waals surface area contributed by atoms with E-state index in [2.05, 4.69) is 12.2 Å². The molecule has 1 aliphatic carbocycles. The Bertz CT molecular complexity index is 421. The van der Waals surface area contributed by atoms with Gasteiger partial charge in [0.15, 0.2) is 11.6 Å². The molecule has 2 nitrogen and oxygen atoms in total. The van der Waals surface area contributed by atoms with Gasteiger partial charge in [0.05, 0.1) is 12.1 Å². The quantitative estimate of drug-likeness (QED) is 0.819. The first kappa shape index (κ1) is 14.4. The van der Waals surface area contributed by atoms with Crippen LogP contribution in [-0.2, 0) is 4.74 Å². The van der Waals surface area contributed by atoms with Crippen LogP contribution in [0.1, 0.15) is 37.8 Å². The van der Waals surface area contributed by atoms with Crippen LogP contribution < -0.4 is 5.32 Å².